The molecular formula is C11H22N2OS. The maximum atomic E-state index is 11.8. The summed E-state index contributed by atoms with van der Waals surface area (Å²) in [7, 11) is 0. The van der Waals surface area contributed by atoms with Crippen molar-refractivity contribution in [1.82, 2.24) is 10.2 Å². The summed E-state index contributed by atoms with van der Waals surface area (Å²) in [5.41, 5.74) is 0. The van der Waals surface area contributed by atoms with E-state index in [1.54, 1.807) is 11.8 Å². The van der Waals surface area contributed by atoms with Crippen LogP contribution in [0, 0.1) is 0 Å². The maximum Gasteiger partial charge on any atom is 0.317 e. The van der Waals surface area contributed by atoms with Crippen molar-refractivity contribution in [3.8, 4) is 0 Å². The third-order valence-corrected chi connectivity index (χ3v) is 3.81. The van der Waals surface area contributed by atoms with Crippen LogP contribution in [0.3, 0.4) is 0 Å². The van der Waals surface area contributed by atoms with Gasteiger partial charge in [-0.3, -0.25) is 0 Å². The number of amides is 2. The van der Waals surface area contributed by atoms with Gasteiger partial charge in [-0.15, -0.1) is 0 Å². The van der Waals surface area contributed by atoms with E-state index in [2.05, 4.69) is 18.5 Å². The third-order valence-electron chi connectivity index (χ3n) is 2.84. The first kappa shape index (κ1) is 12.7. The van der Waals surface area contributed by atoms with Gasteiger partial charge in [-0.05, 0) is 19.1 Å². The molecule has 1 rings (SSSR count). The number of nitrogens with zero attached hydrogens (tertiary/aromatic N) is 1. The van der Waals surface area contributed by atoms with E-state index in [-0.39, 0.29) is 6.03 Å². The highest BCUT2D eigenvalue weighted by atomic mass is 32.2. The van der Waals surface area contributed by atoms with E-state index in [9.17, 15) is 4.79 Å². The largest absolute Gasteiger partial charge is 0.337 e. The number of nitrogens with one attached hydrogen (secondary N) is 1. The minimum absolute atomic E-state index is 0.123. The zero-order chi connectivity index (χ0) is 11.1. The molecule has 1 atom stereocenters. The predicted molar refractivity (Wildman–Crippen MR) is 66.4 cm³/mol. The molecule has 0 bridgehead atoms. The van der Waals surface area contributed by atoms with Gasteiger partial charge in [0.15, 0.2) is 0 Å². The fourth-order valence-electron chi connectivity index (χ4n) is 1.70. The Bertz CT molecular complexity index is 191. The molecule has 1 saturated heterocycles. The first-order valence-corrected chi connectivity index (χ1v) is 7.08. The lowest BCUT2D eigenvalue weighted by Gasteiger charge is -2.21. The Morgan fingerprint density at radius 3 is 2.47 bits per heavy atom. The summed E-state index contributed by atoms with van der Waals surface area (Å²) in [5, 5.41) is 3.50. The fourth-order valence-corrected chi connectivity index (χ4v) is 1.95. The van der Waals surface area contributed by atoms with E-state index in [0.717, 1.165) is 32.5 Å². The summed E-state index contributed by atoms with van der Waals surface area (Å²) >= 11 is 1.78. The molecule has 0 saturated carbocycles. The van der Waals surface area contributed by atoms with Crippen LogP contribution < -0.4 is 5.32 Å². The lowest BCUT2D eigenvalue weighted by Crippen LogP contribution is -2.42. The van der Waals surface area contributed by atoms with Gasteiger partial charge in [0.1, 0.15) is 0 Å². The van der Waals surface area contributed by atoms with Gasteiger partial charge in [-0.2, -0.15) is 11.8 Å². The zero-order valence-electron chi connectivity index (χ0n) is 9.79. The molecule has 88 valence electrons. The van der Waals surface area contributed by atoms with Crippen LogP contribution in [0.2, 0.25) is 0 Å². The number of carbonyl (C=O) groups excluding carboxylic acids is 1. The molecule has 0 aromatic heterocycles. The minimum Gasteiger partial charge on any atom is -0.337 e. The van der Waals surface area contributed by atoms with Gasteiger partial charge in [0.2, 0.25) is 0 Å². The summed E-state index contributed by atoms with van der Waals surface area (Å²) in [5.74, 6) is 0. The van der Waals surface area contributed by atoms with Crippen molar-refractivity contribution >= 4 is 17.8 Å². The minimum atomic E-state index is 0.123. The molecule has 15 heavy (non-hydrogen) atoms. The van der Waals surface area contributed by atoms with Crippen molar-refractivity contribution in [3.63, 3.8) is 0 Å². The molecule has 1 unspecified atom stereocenters. The van der Waals surface area contributed by atoms with E-state index < -0.39 is 0 Å². The van der Waals surface area contributed by atoms with Crippen LogP contribution in [0.15, 0.2) is 0 Å². The van der Waals surface area contributed by atoms with Gasteiger partial charge in [0.25, 0.3) is 0 Å². The standard InChI is InChI=1S/C11H22N2OS/c1-10(15-2)9-12-11(14)13-7-5-3-4-6-8-13/h10H,3-9H2,1-2H3,(H,12,14). The fraction of sp³-hybridized carbons (Fsp3) is 0.909. The SMILES string of the molecule is CSC(C)CNC(=O)N1CCCCCC1. The van der Waals surface area contributed by atoms with Crippen molar-refractivity contribution < 1.29 is 4.79 Å². The molecule has 3 nitrogen and oxygen atoms in total. The molecule has 1 fully saturated rings. The number of hydrogen-bond donors (Lipinski definition) is 1. The van der Waals surface area contributed by atoms with Crippen LogP contribution in [0.25, 0.3) is 0 Å². The van der Waals surface area contributed by atoms with E-state index in [0.29, 0.717) is 5.25 Å². The molecule has 1 aliphatic heterocycles. The van der Waals surface area contributed by atoms with Gasteiger partial charge in [-0.25, -0.2) is 4.79 Å². The van der Waals surface area contributed by atoms with E-state index in [4.69, 9.17) is 0 Å². The summed E-state index contributed by atoms with van der Waals surface area (Å²) in [6.07, 6.45) is 6.93. The molecule has 1 aliphatic rings. The molecule has 0 aliphatic carbocycles. The monoisotopic (exact) mass is 230 g/mol. The Kier molecular flexibility index (Phi) is 5.91. The topological polar surface area (TPSA) is 32.3 Å². The molecule has 0 aromatic rings. The van der Waals surface area contributed by atoms with Gasteiger partial charge in [-0.1, -0.05) is 19.8 Å². The Morgan fingerprint density at radius 1 is 1.33 bits per heavy atom. The molecular weight excluding hydrogens is 208 g/mol. The highest BCUT2D eigenvalue weighted by Gasteiger charge is 2.15. The van der Waals surface area contributed by atoms with Crippen molar-refractivity contribution in [1.29, 1.82) is 0 Å². The third kappa shape index (κ3) is 4.78. The molecule has 0 aromatic carbocycles. The van der Waals surface area contributed by atoms with Crippen molar-refractivity contribution in [2.45, 2.75) is 37.9 Å². The molecule has 0 spiro atoms. The van der Waals surface area contributed by atoms with Crippen molar-refractivity contribution in [3.05, 3.63) is 0 Å². The predicted octanol–water partition coefficient (Wildman–Crippen LogP) is 2.32. The van der Waals surface area contributed by atoms with E-state index in [1.807, 2.05) is 4.90 Å². The van der Waals surface area contributed by atoms with Gasteiger partial charge >= 0.3 is 6.03 Å². The molecule has 4 heteroatoms. The molecule has 1 heterocycles. The Labute approximate surface area is 97.0 Å². The highest BCUT2D eigenvalue weighted by molar-refractivity contribution is 7.99. The number of hydrogen-bond acceptors (Lipinski definition) is 2. The van der Waals surface area contributed by atoms with E-state index >= 15 is 0 Å². The normalized spacial score (nSPS) is 19.5. The summed E-state index contributed by atoms with van der Waals surface area (Å²) in [6.45, 7) is 4.77. The second-order valence-electron chi connectivity index (χ2n) is 4.13. The van der Waals surface area contributed by atoms with Crippen LogP contribution in [0.5, 0.6) is 0 Å². The Hall–Kier alpha value is -0.380. The van der Waals surface area contributed by atoms with E-state index in [1.165, 1.54) is 12.8 Å². The average Bonchev–Trinajstić information content (AvgIpc) is 2.53. The van der Waals surface area contributed by atoms with Crippen LogP contribution in [0.4, 0.5) is 4.79 Å². The number of carbonyl (C=O) groups is 1. The number of urea groups is 1. The molecule has 2 amide bonds. The number of thioether (sulfide) groups is 1. The lowest BCUT2D eigenvalue weighted by atomic mass is 10.2. The van der Waals surface area contributed by atoms with Crippen LogP contribution in [-0.2, 0) is 0 Å². The van der Waals surface area contributed by atoms with Gasteiger partial charge < -0.3 is 10.2 Å². The van der Waals surface area contributed by atoms with Crippen molar-refractivity contribution in [2.75, 3.05) is 25.9 Å². The average molecular weight is 230 g/mol. The smallest absolute Gasteiger partial charge is 0.317 e. The summed E-state index contributed by atoms with van der Waals surface area (Å²) < 4.78 is 0. The second-order valence-corrected chi connectivity index (χ2v) is 5.41. The summed E-state index contributed by atoms with van der Waals surface area (Å²) in [4.78, 5) is 13.7. The molecule has 1 N–H and O–H groups in total. The number of likely N-dealkylation sites (tertiary alicyclic amines) is 1. The van der Waals surface area contributed by atoms with Crippen molar-refractivity contribution in [2.24, 2.45) is 0 Å². The van der Waals surface area contributed by atoms with Crippen LogP contribution in [-0.4, -0.2) is 42.1 Å². The summed E-state index contributed by atoms with van der Waals surface area (Å²) in [6, 6.07) is 0.123. The highest BCUT2D eigenvalue weighted by Crippen LogP contribution is 2.10. The Balaban J connectivity index is 2.25. The van der Waals surface area contributed by atoms with Crippen LogP contribution in [0.1, 0.15) is 32.6 Å². The second kappa shape index (κ2) is 6.99. The van der Waals surface area contributed by atoms with Gasteiger partial charge in [0, 0.05) is 24.9 Å². The first-order chi connectivity index (χ1) is 7.24. The maximum absolute atomic E-state index is 11.8. The Morgan fingerprint density at radius 2 is 1.93 bits per heavy atom. The van der Waals surface area contributed by atoms with Gasteiger partial charge in [0.05, 0.1) is 0 Å². The molecule has 0 radical (unpaired) electrons. The van der Waals surface area contributed by atoms with Crippen LogP contribution >= 0.6 is 11.8 Å². The quantitative estimate of drug-likeness (QED) is 0.807. The number of rotatable bonds is 3. The lowest BCUT2D eigenvalue weighted by molar-refractivity contribution is 0.200. The first-order valence-electron chi connectivity index (χ1n) is 5.79. The zero-order valence-corrected chi connectivity index (χ0v) is 10.6.